The van der Waals surface area contributed by atoms with E-state index in [1.807, 2.05) is 13.1 Å². The highest BCUT2D eigenvalue weighted by atomic mass is 16.5. The van der Waals surface area contributed by atoms with Gasteiger partial charge in [-0.3, -0.25) is 4.98 Å². The monoisotopic (exact) mass is 179 g/mol. The molecule has 13 heavy (non-hydrogen) atoms. The zero-order valence-electron chi connectivity index (χ0n) is 8.79. The van der Waals surface area contributed by atoms with Gasteiger partial charge in [0.2, 0.25) is 0 Å². The molecule has 1 aromatic rings. The van der Waals surface area contributed by atoms with E-state index in [0.717, 1.165) is 5.75 Å². The highest BCUT2D eigenvalue weighted by Gasteiger charge is 2.14. The first-order valence-corrected chi connectivity index (χ1v) is 4.62. The Balaban J connectivity index is 2.92. The Labute approximate surface area is 80.0 Å². The van der Waals surface area contributed by atoms with E-state index < -0.39 is 0 Å². The summed E-state index contributed by atoms with van der Waals surface area (Å²) < 4.78 is 5.38. The van der Waals surface area contributed by atoms with E-state index in [4.69, 9.17) is 4.74 Å². The summed E-state index contributed by atoms with van der Waals surface area (Å²) in [6.07, 6.45) is 3.64. The van der Waals surface area contributed by atoms with E-state index in [-0.39, 0.29) is 5.41 Å². The van der Waals surface area contributed by atoms with Crippen LogP contribution in [0.3, 0.4) is 0 Å². The molecule has 0 unspecified atom stereocenters. The quantitative estimate of drug-likeness (QED) is 0.696. The molecule has 0 radical (unpaired) electrons. The van der Waals surface area contributed by atoms with Crippen molar-refractivity contribution in [2.45, 2.75) is 33.1 Å². The number of ether oxygens (including phenoxy) is 1. The SMILES string of the molecule is CCOc1cncc(C(C)(C)C)c1. The van der Waals surface area contributed by atoms with Gasteiger partial charge in [0, 0.05) is 6.20 Å². The molecule has 0 N–H and O–H groups in total. The average molecular weight is 179 g/mol. The summed E-state index contributed by atoms with van der Waals surface area (Å²) in [7, 11) is 0. The molecule has 1 rings (SSSR count). The molecule has 0 aromatic carbocycles. The van der Waals surface area contributed by atoms with Gasteiger partial charge in [-0.25, -0.2) is 0 Å². The zero-order valence-corrected chi connectivity index (χ0v) is 8.79. The van der Waals surface area contributed by atoms with Gasteiger partial charge in [-0.1, -0.05) is 20.8 Å². The van der Waals surface area contributed by atoms with Crippen LogP contribution in [0.25, 0.3) is 0 Å². The maximum absolute atomic E-state index is 5.38. The van der Waals surface area contributed by atoms with Crippen molar-refractivity contribution in [3.05, 3.63) is 24.0 Å². The van der Waals surface area contributed by atoms with Crippen LogP contribution in [0.15, 0.2) is 18.5 Å². The summed E-state index contributed by atoms with van der Waals surface area (Å²) in [5, 5.41) is 0. The number of hydrogen-bond acceptors (Lipinski definition) is 2. The maximum Gasteiger partial charge on any atom is 0.137 e. The van der Waals surface area contributed by atoms with Gasteiger partial charge in [-0.2, -0.15) is 0 Å². The van der Waals surface area contributed by atoms with Crippen molar-refractivity contribution in [1.29, 1.82) is 0 Å². The third-order valence-corrected chi connectivity index (χ3v) is 1.89. The van der Waals surface area contributed by atoms with E-state index >= 15 is 0 Å². The molecule has 0 atom stereocenters. The van der Waals surface area contributed by atoms with Crippen LogP contribution < -0.4 is 4.74 Å². The molecule has 0 aliphatic carbocycles. The van der Waals surface area contributed by atoms with Crippen LogP contribution in [-0.4, -0.2) is 11.6 Å². The normalized spacial score (nSPS) is 11.4. The van der Waals surface area contributed by atoms with Crippen molar-refractivity contribution in [2.24, 2.45) is 0 Å². The van der Waals surface area contributed by atoms with Crippen molar-refractivity contribution < 1.29 is 4.74 Å². The predicted octanol–water partition coefficient (Wildman–Crippen LogP) is 2.78. The summed E-state index contributed by atoms with van der Waals surface area (Å²) >= 11 is 0. The molecule has 0 saturated carbocycles. The summed E-state index contributed by atoms with van der Waals surface area (Å²) in [6.45, 7) is 9.16. The number of hydrogen-bond donors (Lipinski definition) is 0. The summed E-state index contributed by atoms with van der Waals surface area (Å²) in [4.78, 5) is 4.14. The molecular formula is C11H17NO. The summed E-state index contributed by atoms with van der Waals surface area (Å²) in [6, 6.07) is 2.05. The second kappa shape index (κ2) is 3.77. The summed E-state index contributed by atoms with van der Waals surface area (Å²) in [5.74, 6) is 0.856. The Hall–Kier alpha value is -1.05. The lowest BCUT2D eigenvalue weighted by Crippen LogP contribution is -2.11. The van der Waals surface area contributed by atoms with Gasteiger partial charge in [-0.15, -0.1) is 0 Å². The molecule has 0 spiro atoms. The average Bonchev–Trinajstić information content (AvgIpc) is 2.04. The number of aromatic nitrogens is 1. The lowest BCUT2D eigenvalue weighted by Gasteiger charge is -2.18. The second-order valence-electron chi connectivity index (χ2n) is 4.09. The van der Waals surface area contributed by atoms with Gasteiger partial charge in [0.05, 0.1) is 12.8 Å². The van der Waals surface area contributed by atoms with Gasteiger partial charge in [0.25, 0.3) is 0 Å². The Morgan fingerprint density at radius 3 is 2.54 bits per heavy atom. The van der Waals surface area contributed by atoms with Crippen LogP contribution in [0, 0.1) is 0 Å². The van der Waals surface area contributed by atoms with Crippen LogP contribution in [-0.2, 0) is 5.41 Å². The van der Waals surface area contributed by atoms with Crippen LogP contribution in [0.5, 0.6) is 5.75 Å². The molecule has 0 bridgehead atoms. The fourth-order valence-electron chi connectivity index (χ4n) is 1.07. The van der Waals surface area contributed by atoms with Crippen molar-refractivity contribution in [1.82, 2.24) is 4.98 Å². The van der Waals surface area contributed by atoms with E-state index in [9.17, 15) is 0 Å². The van der Waals surface area contributed by atoms with Crippen LogP contribution in [0.1, 0.15) is 33.3 Å². The molecule has 1 aromatic heterocycles. The number of pyridine rings is 1. The Kier molecular flexibility index (Phi) is 2.91. The van der Waals surface area contributed by atoms with Gasteiger partial charge >= 0.3 is 0 Å². The minimum Gasteiger partial charge on any atom is -0.492 e. The van der Waals surface area contributed by atoms with Crippen molar-refractivity contribution >= 4 is 0 Å². The topological polar surface area (TPSA) is 22.1 Å². The number of rotatable bonds is 2. The van der Waals surface area contributed by atoms with Gasteiger partial charge < -0.3 is 4.74 Å². The fourth-order valence-corrected chi connectivity index (χ4v) is 1.07. The lowest BCUT2D eigenvalue weighted by atomic mass is 9.88. The van der Waals surface area contributed by atoms with Gasteiger partial charge in [0.15, 0.2) is 0 Å². The van der Waals surface area contributed by atoms with Crippen molar-refractivity contribution in [3.63, 3.8) is 0 Å². The van der Waals surface area contributed by atoms with Crippen LogP contribution in [0.2, 0.25) is 0 Å². The molecule has 0 aliphatic rings. The van der Waals surface area contributed by atoms with E-state index in [1.165, 1.54) is 5.56 Å². The van der Waals surface area contributed by atoms with Gasteiger partial charge in [-0.05, 0) is 24.0 Å². The summed E-state index contributed by atoms with van der Waals surface area (Å²) in [5.41, 5.74) is 1.35. The third-order valence-electron chi connectivity index (χ3n) is 1.89. The molecule has 72 valence electrons. The van der Waals surface area contributed by atoms with Crippen LogP contribution >= 0.6 is 0 Å². The standard InChI is InChI=1S/C11H17NO/c1-5-13-10-6-9(7-12-8-10)11(2,3)4/h6-8H,5H2,1-4H3. The smallest absolute Gasteiger partial charge is 0.137 e. The van der Waals surface area contributed by atoms with E-state index in [2.05, 4.69) is 31.8 Å². The van der Waals surface area contributed by atoms with Gasteiger partial charge in [0.1, 0.15) is 5.75 Å². The largest absolute Gasteiger partial charge is 0.492 e. The molecule has 0 aliphatic heterocycles. The van der Waals surface area contributed by atoms with Crippen molar-refractivity contribution in [2.75, 3.05) is 6.61 Å². The van der Waals surface area contributed by atoms with Crippen LogP contribution in [0.4, 0.5) is 0 Å². The fraction of sp³-hybridized carbons (Fsp3) is 0.545. The molecule has 1 heterocycles. The zero-order chi connectivity index (χ0) is 9.90. The Bertz CT molecular complexity index is 276. The molecule has 2 heteroatoms. The third kappa shape index (κ3) is 2.72. The molecular weight excluding hydrogens is 162 g/mol. The van der Waals surface area contributed by atoms with E-state index in [0.29, 0.717) is 6.61 Å². The first-order valence-electron chi connectivity index (χ1n) is 4.62. The molecule has 0 amide bonds. The minimum atomic E-state index is 0.139. The first-order chi connectivity index (χ1) is 6.04. The van der Waals surface area contributed by atoms with E-state index in [1.54, 1.807) is 6.20 Å². The molecule has 0 saturated heterocycles. The maximum atomic E-state index is 5.38. The molecule has 0 fully saturated rings. The molecule has 2 nitrogen and oxygen atoms in total. The minimum absolute atomic E-state index is 0.139. The first kappa shape index (κ1) is 10.0. The van der Waals surface area contributed by atoms with Crippen molar-refractivity contribution in [3.8, 4) is 5.75 Å². The lowest BCUT2D eigenvalue weighted by molar-refractivity contribution is 0.337. The highest BCUT2D eigenvalue weighted by molar-refractivity contribution is 5.28. The second-order valence-corrected chi connectivity index (χ2v) is 4.09. The Morgan fingerprint density at radius 1 is 1.31 bits per heavy atom. The highest BCUT2D eigenvalue weighted by Crippen LogP contribution is 2.24. The number of nitrogens with zero attached hydrogens (tertiary/aromatic N) is 1. The predicted molar refractivity (Wildman–Crippen MR) is 54.1 cm³/mol. The Morgan fingerprint density at radius 2 is 2.00 bits per heavy atom.